The van der Waals surface area contributed by atoms with E-state index < -0.39 is 0 Å². The second kappa shape index (κ2) is 6.80. The zero-order chi connectivity index (χ0) is 11.1. The molecule has 0 atom stereocenters. The van der Waals surface area contributed by atoms with Gasteiger partial charge < -0.3 is 15.4 Å². The molecule has 15 heavy (non-hydrogen) atoms. The van der Waals surface area contributed by atoms with Crippen LogP contribution in [0.5, 0.6) is 0 Å². The van der Waals surface area contributed by atoms with E-state index in [0.717, 1.165) is 39.0 Å². The van der Waals surface area contributed by atoms with Crippen LogP contribution in [0.3, 0.4) is 0 Å². The van der Waals surface area contributed by atoms with Gasteiger partial charge in [0, 0.05) is 26.1 Å². The van der Waals surface area contributed by atoms with Crippen molar-refractivity contribution in [2.24, 2.45) is 5.73 Å². The highest BCUT2D eigenvalue weighted by Gasteiger charge is 2.21. The topological polar surface area (TPSA) is 55.6 Å². The number of carbonyl (C=O) groups is 1. The van der Waals surface area contributed by atoms with E-state index in [9.17, 15) is 4.79 Å². The molecule has 88 valence electrons. The van der Waals surface area contributed by atoms with Crippen LogP contribution >= 0.6 is 0 Å². The highest BCUT2D eigenvalue weighted by Crippen LogP contribution is 2.14. The van der Waals surface area contributed by atoms with Crippen molar-refractivity contribution in [1.82, 2.24) is 4.90 Å². The molecule has 1 aliphatic rings. The van der Waals surface area contributed by atoms with Crippen molar-refractivity contribution < 1.29 is 9.53 Å². The summed E-state index contributed by atoms with van der Waals surface area (Å²) in [6, 6.07) is 0. The minimum atomic E-state index is 0.260. The van der Waals surface area contributed by atoms with Gasteiger partial charge in [0.1, 0.15) is 0 Å². The predicted octanol–water partition coefficient (Wildman–Crippen LogP) is 0.753. The molecular weight excluding hydrogens is 192 g/mol. The summed E-state index contributed by atoms with van der Waals surface area (Å²) in [5, 5.41) is 0. The Kier molecular flexibility index (Phi) is 5.65. The maximum Gasteiger partial charge on any atom is 0.222 e. The first-order valence-electron chi connectivity index (χ1n) is 5.87. The maximum atomic E-state index is 11.4. The summed E-state index contributed by atoms with van der Waals surface area (Å²) in [7, 11) is 0. The van der Waals surface area contributed by atoms with Gasteiger partial charge in [0.15, 0.2) is 0 Å². The van der Waals surface area contributed by atoms with Gasteiger partial charge in [-0.15, -0.1) is 0 Å². The SMILES string of the molecule is CCC(=O)N1CCC(OCCCN)CC1. The standard InChI is InChI=1S/C11H22N2O2/c1-2-11(14)13-7-4-10(5-8-13)15-9-3-6-12/h10H,2-9,12H2,1H3. The first-order chi connectivity index (χ1) is 7.27. The van der Waals surface area contributed by atoms with Crippen LogP contribution in [-0.4, -0.2) is 43.2 Å². The molecule has 1 saturated heterocycles. The fourth-order valence-corrected chi connectivity index (χ4v) is 1.83. The van der Waals surface area contributed by atoms with Crippen molar-refractivity contribution in [2.45, 2.75) is 38.7 Å². The Hall–Kier alpha value is -0.610. The third-order valence-electron chi connectivity index (χ3n) is 2.80. The molecule has 0 unspecified atom stereocenters. The molecule has 0 aliphatic carbocycles. The van der Waals surface area contributed by atoms with E-state index in [4.69, 9.17) is 10.5 Å². The van der Waals surface area contributed by atoms with Crippen LogP contribution in [-0.2, 0) is 9.53 Å². The third kappa shape index (κ3) is 4.18. The van der Waals surface area contributed by atoms with Crippen molar-refractivity contribution in [3.63, 3.8) is 0 Å². The van der Waals surface area contributed by atoms with Crippen LogP contribution in [0.2, 0.25) is 0 Å². The van der Waals surface area contributed by atoms with Crippen molar-refractivity contribution in [3.05, 3.63) is 0 Å². The Morgan fingerprint density at radius 1 is 1.47 bits per heavy atom. The Morgan fingerprint density at radius 3 is 2.67 bits per heavy atom. The van der Waals surface area contributed by atoms with E-state index in [2.05, 4.69) is 0 Å². The number of piperidine rings is 1. The van der Waals surface area contributed by atoms with Crippen LogP contribution in [0.4, 0.5) is 0 Å². The van der Waals surface area contributed by atoms with Gasteiger partial charge in [-0.3, -0.25) is 4.79 Å². The lowest BCUT2D eigenvalue weighted by atomic mass is 10.1. The van der Waals surface area contributed by atoms with E-state index in [1.807, 2.05) is 11.8 Å². The number of hydrogen-bond acceptors (Lipinski definition) is 3. The average Bonchev–Trinajstić information content (AvgIpc) is 2.29. The zero-order valence-corrected chi connectivity index (χ0v) is 9.58. The minimum absolute atomic E-state index is 0.260. The summed E-state index contributed by atoms with van der Waals surface area (Å²) in [5.74, 6) is 0.260. The fraction of sp³-hybridized carbons (Fsp3) is 0.909. The Bertz CT molecular complexity index is 189. The molecule has 1 rings (SSSR count). The van der Waals surface area contributed by atoms with Gasteiger partial charge in [-0.2, -0.15) is 0 Å². The van der Waals surface area contributed by atoms with Crippen LogP contribution in [0.1, 0.15) is 32.6 Å². The highest BCUT2D eigenvalue weighted by atomic mass is 16.5. The zero-order valence-electron chi connectivity index (χ0n) is 9.58. The van der Waals surface area contributed by atoms with Gasteiger partial charge in [0.2, 0.25) is 5.91 Å². The number of nitrogens with zero attached hydrogens (tertiary/aromatic N) is 1. The van der Waals surface area contributed by atoms with Crippen molar-refractivity contribution in [2.75, 3.05) is 26.2 Å². The fourth-order valence-electron chi connectivity index (χ4n) is 1.83. The Morgan fingerprint density at radius 2 is 2.13 bits per heavy atom. The first kappa shape index (κ1) is 12.5. The molecule has 1 amide bonds. The third-order valence-corrected chi connectivity index (χ3v) is 2.80. The van der Waals surface area contributed by atoms with Gasteiger partial charge in [0.25, 0.3) is 0 Å². The lowest BCUT2D eigenvalue weighted by Crippen LogP contribution is -2.40. The van der Waals surface area contributed by atoms with Gasteiger partial charge >= 0.3 is 0 Å². The molecule has 2 N–H and O–H groups in total. The molecule has 0 aromatic heterocycles. The Labute approximate surface area is 91.8 Å². The van der Waals surface area contributed by atoms with E-state index >= 15 is 0 Å². The second-order valence-electron chi connectivity index (χ2n) is 3.95. The quantitative estimate of drug-likeness (QED) is 0.687. The molecule has 0 spiro atoms. The summed E-state index contributed by atoms with van der Waals surface area (Å²) < 4.78 is 5.67. The lowest BCUT2D eigenvalue weighted by molar-refractivity contribution is -0.133. The highest BCUT2D eigenvalue weighted by molar-refractivity contribution is 5.75. The molecule has 4 nitrogen and oxygen atoms in total. The molecule has 0 saturated carbocycles. The second-order valence-corrected chi connectivity index (χ2v) is 3.95. The predicted molar refractivity (Wildman–Crippen MR) is 59.5 cm³/mol. The van der Waals surface area contributed by atoms with Crippen LogP contribution < -0.4 is 5.73 Å². The summed E-state index contributed by atoms with van der Waals surface area (Å²) >= 11 is 0. The van der Waals surface area contributed by atoms with Gasteiger partial charge in [-0.25, -0.2) is 0 Å². The number of nitrogens with two attached hydrogens (primary N) is 1. The van der Waals surface area contributed by atoms with Gasteiger partial charge in [0.05, 0.1) is 6.10 Å². The molecule has 1 heterocycles. The maximum absolute atomic E-state index is 11.4. The number of hydrogen-bond donors (Lipinski definition) is 1. The Balaban J connectivity index is 2.15. The molecular formula is C11H22N2O2. The van der Waals surface area contributed by atoms with Crippen molar-refractivity contribution in [1.29, 1.82) is 0 Å². The number of carbonyl (C=O) groups excluding carboxylic acids is 1. The van der Waals surface area contributed by atoms with E-state index in [1.165, 1.54) is 0 Å². The number of likely N-dealkylation sites (tertiary alicyclic amines) is 1. The molecule has 0 aromatic rings. The van der Waals surface area contributed by atoms with E-state index in [-0.39, 0.29) is 5.91 Å². The smallest absolute Gasteiger partial charge is 0.222 e. The number of ether oxygens (including phenoxy) is 1. The average molecular weight is 214 g/mol. The molecule has 1 aliphatic heterocycles. The van der Waals surface area contributed by atoms with Crippen molar-refractivity contribution >= 4 is 5.91 Å². The molecule has 0 aromatic carbocycles. The largest absolute Gasteiger partial charge is 0.378 e. The van der Waals surface area contributed by atoms with Gasteiger partial charge in [-0.1, -0.05) is 6.92 Å². The van der Waals surface area contributed by atoms with Gasteiger partial charge in [-0.05, 0) is 25.8 Å². The van der Waals surface area contributed by atoms with E-state index in [1.54, 1.807) is 0 Å². The summed E-state index contributed by atoms with van der Waals surface area (Å²) in [4.78, 5) is 13.3. The van der Waals surface area contributed by atoms with Crippen molar-refractivity contribution in [3.8, 4) is 0 Å². The summed E-state index contributed by atoms with van der Waals surface area (Å²) in [6.07, 6.45) is 3.80. The number of amides is 1. The first-order valence-corrected chi connectivity index (χ1v) is 5.87. The summed E-state index contributed by atoms with van der Waals surface area (Å²) in [5.41, 5.74) is 5.39. The normalized spacial score (nSPS) is 18.1. The number of rotatable bonds is 5. The minimum Gasteiger partial charge on any atom is -0.378 e. The van der Waals surface area contributed by atoms with Crippen LogP contribution in [0.15, 0.2) is 0 Å². The molecule has 0 bridgehead atoms. The van der Waals surface area contributed by atoms with E-state index in [0.29, 0.717) is 19.1 Å². The molecule has 4 heteroatoms. The lowest BCUT2D eigenvalue weighted by Gasteiger charge is -2.31. The monoisotopic (exact) mass is 214 g/mol. The van der Waals surface area contributed by atoms with Crippen LogP contribution in [0.25, 0.3) is 0 Å². The molecule has 1 fully saturated rings. The summed E-state index contributed by atoms with van der Waals surface area (Å²) in [6.45, 7) is 5.04. The molecule has 0 radical (unpaired) electrons. The van der Waals surface area contributed by atoms with Crippen LogP contribution in [0, 0.1) is 0 Å².